The monoisotopic (exact) mass is 492 g/mol. The zero-order chi connectivity index (χ0) is 18.9. The molecule has 1 fully saturated rings. The number of benzene rings is 2. The molecule has 0 atom stereocenters. The first-order chi connectivity index (χ1) is 12.3. The van der Waals surface area contributed by atoms with Gasteiger partial charge in [-0.3, -0.25) is 4.79 Å². The molecule has 2 aromatic carbocycles. The van der Waals surface area contributed by atoms with Gasteiger partial charge in [0.25, 0.3) is 5.91 Å². The van der Waals surface area contributed by atoms with Crippen molar-refractivity contribution in [1.82, 2.24) is 9.21 Å². The molecule has 0 saturated carbocycles. The van der Waals surface area contributed by atoms with Crippen LogP contribution in [0.25, 0.3) is 0 Å². The van der Waals surface area contributed by atoms with Gasteiger partial charge < -0.3 is 4.90 Å². The number of nitrogens with zero attached hydrogens (tertiary/aromatic N) is 2. The van der Waals surface area contributed by atoms with Gasteiger partial charge in [-0.25, -0.2) is 17.2 Å². The minimum atomic E-state index is -3.95. The van der Waals surface area contributed by atoms with Crippen LogP contribution in [-0.4, -0.2) is 49.7 Å². The van der Waals surface area contributed by atoms with Gasteiger partial charge in [-0.2, -0.15) is 4.31 Å². The number of halogens is 3. The summed E-state index contributed by atoms with van der Waals surface area (Å²) in [6.45, 7) is 0.500. The minimum absolute atomic E-state index is 0.0696. The molecule has 138 valence electrons. The van der Waals surface area contributed by atoms with Gasteiger partial charge in [-0.15, -0.1) is 0 Å². The highest BCUT2D eigenvalue weighted by Gasteiger charge is 2.32. The lowest BCUT2D eigenvalue weighted by Crippen LogP contribution is -2.50. The summed E-state index contributed by atoms with van der Waals surface area (Å²) in [6, 6.07) is 9.12. The van der Waals surface area contributed by atoms with Crippen molar-refractivity contribution in [2.45, 2.75) is 4.90 Å². The van der Waals surface area contributed by atoms with Gasteiger partial charge in [0, 0.05) is 29.7 Å². The molecular weight excluding hydrogens is 477 g/mol. The molecule has 0 aliphatic carbocycles. The van der Waals surface area contributed by atoms with E-state index in [9.17, 15) is 22.0 Å². The van der Waals surface area contributed by atoms with Crippen molar-refractivity contribution in [3.05, 3.63) is 63.2 Å². The zero-order valence-corrected chi connectivity index (χ0v) is 16.5. The molecule has 0 aromatic heterocycles. The van der Waals surface area contributed by atoms with E-state index in [2.05, 4.69) is 0 Å². The highest BCUT2D eigenvalue weighted by Crippen LogP contribution is 2.22. The lowest BCUT2D eigenvalue weighted by atomic mass is 10.2. The van der Waals surface area contributed by atoms with Crippen molar-refractivity contribution in [2.24, 2.45) is 0 Å². The standard InChI is InChI=1S/C17H15F2IN2O3S/c18-12-5-6-13(15(20)11-12)17(23)21-7-9-22(10-8-21)26(24,25)16-4-2-1-3-14(16)19/h1-6,11H,7-10H2. The van der Waals surface area contributed by atoms with Crippen LogP contribution in [0.4, 0.5) is 8.78 Å². The van der Waals surface area contributed by atoms with Crippen LogP contribution >= 0.6 is 22.6 Å². The number of carbonyl (C=O) groups excluding carboxylic acids is 1. The number of amides is 1. The van der Waals surface area contributed by atoms with Gasteiger partial charge in [0.15, 0.2) is 0 Å². The maximum Gasteiger partial charge on any atom is 0.255 e. The van der Waals surface area contributed by atoms with E-state index in [0.29, 0.717) is 9.13 Å². The number of piperazine rings is 1. The van der Waals surface area contributed by atoms with Crippen molar-refractivity contribution in [2.75, 3.05) is 26.2 Å². The fourth-order valence-corrected chi connectivity index (χ4v) is 4.95. The van der Waals surface area contributed by atoms with E-state index < -0.39 is 21.7 Å². The predicted molar refractivity (Wildman–Crippen MR) is 100 cm³/mol. The normalized spacial score (nSPS) is 15.9. The Morgan fingerprint density at radius 3 is 2.27 bits per heavy atom. The van der Waals surface area contributed by atoms with E-state index in [1.165, 1.54) is 45.6 Å². The van der Waals surface area contributed by atoms with Gasteiger partial charge in [0.2, 0.25) is 10.0 Å². The van der Waals surface area contributed by atoms with Crippen molar-refractivity contribution < 1.29 is 22.0 Å². The summed E-state index contributed by atoms with van der Waals surface area (Å²) in [6.07, 6.45) is 0. The first kappa shape index (κ1) is 19.2. The Hall–Kier alpha value is -1.59. The molecule has 0 bridgehead atoms. The summed E-state index contributed by atoms with van der Waals surface area (Å²) in [5, 5.41) is 0. The van der Waals surface area contributed by atoms with Crippen molar-refractivity contribution in [3.8, 4) is 0 Å². The van der Waals surface area contributed by atoms with Gasteiger partial charge in [-0.05, 0) is 52.9 Å². The third kappa shape index (κ3) is 3.74. The molecule has 1 heterocycles. The maximum atomic E-state index is 13.8. The van der Waals surface area contributed by atoms with Crippen LogP contribution in [0.3, 0.4) is 0 Å². The molecule has 0 spiro atoms. The fourth-order valence-electron chi connectivity index (χ4n) is 2.76. The highest BCUT2D eigenvalue weighted by atomic mass is 127. The van der Waals surface area contributed by atoms with Gasteiger partial charge in [-0.1, -0.05) is 12.1 Å². The molecule has 0 radical (unpaired) electrons. The Morgan fingerprint density at radius 2 is 1.65 bits per heavy atom. The number of rotatable bonds is 3. The van der Waals surface area contributed by atoms with Crippen LogP contribution in [0.2, 0.25) is 0 Å². The minimum Gasteiger partial charge on any atom is -0.336 e. The van der Waals surface area contributed by atoms with E-state index in [1.54, 1.807) is 0 Å². The lowest BCUT2D eigenvalue weighted by Gasteiger charge is -2.34. The lowest BCUT2D eigenvalue weighted by molar-refractivity contribution is 0.0696. The van der Waals surface area contributed by atoms with Crippen LogP contribution in [0.1, 0.15) is 10.4 Å². The molecule has 2 aromatic rings. The molecule has 26 heavy (non-hydrogen) atoms. The number of sulfonamides is 1. The van der Waals surface area contributed by atoms with Gasteiger partial charge in [0.05, 0.1) is 5.56 Å². The number of hydrogen-bond donors (Lipinski definition) is 0. The van der Waals surface area contributed by atoms with Crippen molar-refractivity contribution in [3.63, 3.8) is 0 Å². The molecule has 1 aliphatic heterocycles. The quantitative estimate of drug-likeness (QED) is 0.620. The molecule has 5 nitrogen and oxygen atoms in total. The number of hydrogen-bond acceptors (Lipinski definition) is 3. The predicted octanol–water partition coefficient (Wildman–Crippen LogP) is 2.72. The SMILES string of the molecule is O=C(c1ccc(F)cc1I)N1CCN(S(=O)(=O)c2ccccc2F)CC1. The Balaban J connectivity index is 1.73. The first-order valence-corrected chi connectivity index (χ1v) is 10.3. The topological polar surface area (TPSA) is 57.7 Å². The molecule has 1 aliphatic rings. The third-order valence-corrected chi connectivity index (χ3v) is 6.97. The summed E-state index contributed by atoms with van der Waals surface area (Å²) >= 11 is 1.89. The van der Waals surface area contributed by atoms with Gasteiger partial charge >= 0.3 is 0 Å². The van der Waals surface area contributed by atoms with Gasteiger partial charge in [0.1, 0.15) is 16.5 Å². The van der Waals surface area contributed by atoms with E-state index in [1.807, 2.05) is 22.6 Å². The largest absolute Gasteiger partial charge is 0.336 e. The second-order valence-electron chi connectivity index (χ2n) is 5.75. The maximum absolute atomic E-state index is 13.8. The second kappa shape index (κ2) is 7.57. The molecule has 1 saturated heterocycles. The summed E-state index contributed by atoms with van der Waals surface area (Å²) < 4.78 is 53.9. The zero-order valence-electron chi connectivity index (χ0n) is 13.5. The summed E-state index contributed by atoms with van der Waals surface area (Å²) in [4.78, 5) is 13.7. The Kier molecular flexibility index (Phi) is 5.58. The smallest absolute Gasteiger partial charge is 0.255 e. The highest BCUT2D eigenvalue weighted by molar-refractivity contribution is 14.1. The Labute approximate surface area is 163 Å². The summed E-state index contributed by atoms with van der Waals surface area (Å²) in [7, 11) is -3.95. The van der Waals surface area contributed by atoms with Crippen LogP contribution in [-0.2, 0) is 10.0 Å². The molecule has 1 amide bonds. The molecule has 3 rings (SSSR count). The molecule has 0 N–H and O–H groups in total. The van der Waals surface area contributed by atoms with Crippen LogP contribution in [0, 0.1) is 15.2 Å². The van der Waals surface area contributed by atoms with Crippen LogP contribution < -0.4 is 0 Å². The third-order valence-electron chi connectivity index (χ3n) is 4.14. The number of carbonyl (C=O) groups is 1. The Morgan fingerprint density at radius 1 is 1.00 bits per heavy atom. The van der Waals surface area contributed by atoms with Crippen LogP contribution in [0.5, 0.6) is 0 Å². The average molecular weight is 492 g/mol. The summed E-state index contributed by atoms with van der Waals surface area (Å²) in [5.74, 6) is -1.50. The van der Waals surface area contributed by atoms with E-state index >= 15 is 0 Å². The Bertz CT molecular complexity index is 945. The fraction of sp³-hybridized carbons (Fsp3) is 0.235. The van der Waals surface area contributed by atoms with Crippen LogP contribution in [0.15, 0.2) is 47.4 Å². The van der Waals surface area contributed by atoms with E-state index in [0.717, 1.165) is 6.07 Å². The second-order valence-corrected chi connectivity index (χ2v) is 8.82. The first-order valence-electron chi connectivity index (χ1n) is 7.80. The molecular formula is C17H15F2IN2O3S. The van der Waals surface area contributed by atoms with E-state index in [-0.39, 0.29) is 37.0 Å². The summed E-state index contributed by atoms with van der Waals surface area (Å²) in [5.41, 5.74) is 0.373. The van der Waals surface area contributed by atoms with Crippen molar-refractivity contribution in [1.29, 1.82) is 0 Å². The van der Waals surface area contributed by atoms with Crippen molar-refractivity contribution >= 4 is 38.5 Å². The molecule has 9 heteroatoms. The molecule has 0 unspecified atom stereocenters. The van der Waals surface area contributed by atoms with E-state index in [4.69, 9.17) is 0 Å². The average Bonchev–Trinajstić information content (AvgIpc) is 2.61.